The molecule has 4 nitrogen and oxygen atoms in total. The maximum Gasteiger partial charge on any atom is 0.274 e. The first kappa shape index (κ1) is 6.97. The van der Waals surface area contributed by atoms with Gasteiger partial charge in [0.1, 0.15) is 0 Å². The minimum atomic E-state index is -0.368. The van der Waals surface area contributed by atoms with Crippen LogP contribution in [0.25, 0.3) is 5.70 Å². The van der Waals surface area contributed by atoms with Crippen molar-refractivity contribution >= 4 is 5.70 Å². The van der Waals surface area contributed by atoms with Gasteiger partial charge in [-0.1, -0.05) is 0 Å². The van der Waals surface area contributed by atoms with E-state index in [-0.39, 0.29) is 10.6 Å². The number of rotatable bonds is 1. The molecule has 0 N–H and O–H groups in total. The molecule has 60 valence electrons. The van der Waals surface area contributed by atoms with Crippen LogP contribution in [0.5, 0.6) is 0 Å². The van der Waals surface area contributed by atoms with E-state index >= 15 is 0 Å². The molecule has 1 heterocycles. The molecule has 0 radical (unpaired) electrons. The maximum atomic E-state index is 10.5. The van der Waals surface area contributed by atoms with Crippen molar-refractivity contribution in [2.24, 2.45) is 0 Å². The van der Waals surface area contributed by atoms with Crippen LogP contribution in [0.4, 0.5) is 0 Å². The van der Waals surface area contributed by atoms with Gasteiger partial charge < -0.3 is 0 Å². The van der Waals surface area contributed by atoms with Gasteiger partial charge in [-0.2, -0.15) is 0 Å². The third kappa shape index (κ3) is 0.887. The first-order chi connectivity index (χ1) is 5.79. The van der Waals surface area contributed by atoms with Crippen molar-refractivity contribution in [2.45, 2.75) is 6.42 Å². The van der Waals surface area contributed by atoms with E-state index in [2.05, 4.69) is 4.98 Å². The fourth-order valence-electron chi connectivity index (χ4n) is 1.31. The van der Waals surface area contributed by atoms with Crippen LogP contribution >= 0.6 is 0 Å². The van der Waals surface area contributed by atoms with E-state index in [1.165, 1.54) is 0 Å². The first-order valence-electron chi connectivity index (χ1n) is 3.58. The van der Waals surface area contributed by atoms with Gasteiger partial charge in [0.15, 0.2) is 0 Å². The van der Waals surface area contributed by atoms with Crippen LogP contribution in [0, 0.1) is 10.1 Å². The summed E-state index contributed by atoms with van der Waals surface area (Å²) in [5.74, 6) is 0. The lowest BCUT2D eigenvalue weighted by Gasteiger charge is -1.95. The number of hydrogen-bond acceptors (Lipinski definition) is 3. The Kier molecular flexibility index (Phi) is 1.40. The highest BCUT2D eigenvalue weighted by Crippen LogP contribution is 2.25. The van der Waals surface area contributed by atoms with Crippen molar-refractivity contribution in [1.29, 1.82) is 0 Å². The van der Waals surface area contributed by atoms with Gasteiger partial charge in [-0.15, -0.1) is 0 Å². The molecule has 1 aliphatic carbocycles. The van der Waals surface area contributed by atoms with Crippen molar-refractivity contribution in [3.8, 4) is 0 Å². The van der Waals surface area contributed by atoms with Crippen molar-refractivity contribution in [3.05, 3.63) is 45.8 Å². The Balaban J connectivity index is 2.52. The molecule has 2 rings (SSSR count). The smallest absolute Gasteiger partial charge is 0.260 e. The van der Waals surface area contributed by atoms with Gasteiger partial charge in [0, 0.05) is 18.7 Å². The largest absolute Gasteiger partial charge is 0.274 e. The Morgan fingerprint density at radius 3 is 3.17 bits per heavy atom. The van der Waals surface area contributed by atoms with Crippen LogP contribution in [0.3, 0.4) is 0 Å². The van der Waals surface area contributed by atoms with Crippen LogP contribution in [0.1, 0.15) is 11.3 Å². The number of pyridine rings is 1. The number of nitrogens with zero attached hydrogens (tertiary/aromatic N) is 2. The number of aromatic nitrogens is 1. The van der Waals surface area contributed by atoms with Crippen molar-refractivity contribution in [1.82, 2.24) is 4.98 Å². The van der Waals surface area contributed by atoms with Crippen LogP contribution < -0.4 is 0 Å². The summed E-state index contributed by atoms with van der Waals surface area (Å²) in [6, 6.07) is 3.44. The van der Waals surface area contributed by atoms with E-state index in [0.29, 0.717) is 12.0 Å². The number of hydrogen-bond donors (Lipinski definition) is 0. The third-order valence-corrected chi connectivity index (χ3v) is 1.85. The van der Waals surface area contributed by atoms with Crippen LogP contribution in [-0.2, 0) is 6.42 Å². The number of allylic oxidation sites excluding steroid dienone is 1. The molecule has 0 saturated carbocycles. The second kappa shape index (κ2) is 2.41. The molecule has 0 bridgehead atoms. The molecule has 1 aromatic heterocycles. The summed E-state index contributed by atoms with van der Waals surface area (Å²) in [5.41, 5.74) is 1.63. The molecule has 0 fully saturated rings. The van der Waals surface area contributed by atoms with Gasteiger partial charge in [0.25, 0.3) is 5.70 Å². The Hall–Kier alpha value is -1.71. The molecular formula is C8H6N2O2. The van der Waals surface area contributed by atoms with E-state index < -0.39 is 0 Å². The van der Waals surface area contributed by atoms with E-state index in [1.54, 1.807) is 24.4 Å². The standard InChI is InChI=1S/C8H6N2O2/c11-10(12)8-4-3-7-6(8)2-1-5-9-7/h1-2,4-5H,3H2. The van der Waals surface area contributed by atoms with Gasteiger partial charge in [0.2, 0.25) is 0 Å². The highest BCUT2D eigenvalue weighted by molar-refractivity contribution is 5.65. The van der Waals surface area contributed by atoms with E-state index in [4.69, 9.17) is 0 Å². The van der Waals surface area contributed by atoms with Crippen molar-refractivity contribution < 1.29 is 4.92 Å². The zero-order valence-electron chi connectivity index (χ0n) is 6.23. The highest BCUT2D eigenvalue weighted by atomic mass is 16.6. The highest BCUT2D eigenvalue weighted by Gasteiger charge is 2.23. The zero-order chi connectivity index (χ0) is 8.55. The van der Waals surface area contributed by atoms with E-state index in [1.807, 2.05) is 0 Å². The topological polar surface area (TPSA) is 56.0 Å². The normalized spacial score (nSPS) is 13.8. The number of fused-ring (bicyclic) bond motifs is 1. The van der Waals surface area contributed by atoms with Crippen molar-refractivity contribution in [3.63, 3.8) is 0 Å². The Labute approximate surface area is 68.7 Å². The lowest BCUT2D eigenvalue weighted by atomic mass is 10.2. The molecule has 0 aliphatic heterocycles. The Morgan fingerprint density at radius 2 is 2.42 bits per heavy atom. The summed E-state index contributed by atoms with van der Waals surface area (Å²) < 4.78 is 0. The van der Waals surface area contributed by atoms with E-state index in [0.717, 1.165) is 5.69 Å². The quantitative estimate of drug-likeness (QED) is 0.461. The van der Waals surface area contributed by atoms with Gasteiger partial charge in [-0.3, -0.25) is 15.1 Å². The van der Waals surface area contributed by atoms with Gasteiger partial charge in [-0.25, -0.2) is 0 Å². The molecule has 0 spiro atoms. The fraction of sp³-hybridized carbons (Fsp3) is 0.125. The molecule has 0 aromatic carbocycles. The van der Waals surface area contributed by atoms with Crippen LogP contribution in [-0.4, -0.2) is 9.91 Å². The summed E-state index contributed by atoms with van der Waals surface area (Å²) in [6.07, 6.45) is 3.82. The third-order valence-electron chi connectivity index (χ3n) is 1.85. The molecule has 4 heteroatoms. The summed E-state index contributed by atoms with van der Waals surface area (Å²) >= 11 is 0. The zero-order valence-corrected chi connectivity index (χ0v) is 6.23. The predicted octanol–water partition coefficient (Wildman–Crippen LogP) is 1.26. The Bertz CT molecular complexity index is 371. The minimum Gasteiger partial charge on any atom is -0.260 e. The van der Waals surface area contributed by atoms with Crippen molar-refractivity contribution in [2.75, 3.05) is 0 Å². The van der Waals surface area contributed by atoms with Crippen LogP contribution in [0.2, 0.25) is 0 Å². The molecule has 1 aromatic rings. The molecule has 12 heavy (non-hydrogen) atoms. The number of nitro groups is 1. The molecule has 0 amide bonds. The summed E-state index contributed by atoms with van der Waals surface area (Å²) in [7, 11) is 0. The van der Waals surface area contributed by atoms with Gasteiger partial charge >= 0.3 is 0 Å². The average molecular weight is 162 g/mol. The fourth-order valence-corrected chi connectivity index (χ4v) is 1.31. The summed E-state index contributed by atoms with van der Waals surface area (Å²) in [5, 5.41) is 10.5. The monoisotopic (exact) mass is 162 g/mol. The lowest BCUT2D eigenvalue weighted by molar-refractivity contribution is -0.375. The summed E-state index contributed by atoms with van der Waals surface area (Å²) in [4.78, 5) is 14.1. The average Bonchev–Trinajstić information content (AvgIpc) is 2.47. The van der Waals surface area contributed by atoms with Gasteiger partial charge in [-0.05, 0) is 12.1 Å². The van der Waals surface area contributed by atoms with Gasteiger partial charge in [0.05, 0.1) is 16.2 Å². The lowest BCUT2D eigenvalue weighted by Crippen LogP contribution is -1.96. The second-order valence-corrected chi connectivity index (χ2v) is 2.55. The molecule has 0 atom stereocenters. The maximum absolute atomic E-state index is 10.5. The summed E-state index contributed by atoms with van der Waals surface area (Å²) in [6.45, 7) is 0. The second-order valence-electron chi connectivity index (χ2n) is 2.55. The Morgan fingerprint density at radius 1 is 1.58 bits per heavy atom. The first-order valence-corrected chi connectivity index (χ1v) is 3.58. The van der Waals surface area contributed by atoms with E-state index in [9.17, 15) is 10.1 Å². The molecule has 0 unspecified atom stereocenters. The molecule has 0 saturated heterocycles. The molecule has 1 aliphatic rings. The predicted molar refractivity (Wildman–Crippen MR) is 42.9 cm³/mol. The minimum absolute atomic E-state index is 0.179. The molecular weight excluding hydrogens is 156 g/mol. The SMILES string of the molecule is O=[N+]([O-])C1=CCc2ncccc21. The van der Waals surface area contributed by atoms with Crippen LogP contribution in [0.15, 0.2) is 24.4 Å².